The molecule has 4 atom stereocenters. The van der Waals surface area contributed by atoms with Crippen molar-refractivity contribution < 1.29 is 33.8 Å². The first-order valence-electron chi connectivity index (χ1n) is 9.53. The minimum absolute atomic E-state index is 0.325. The fraction of sp³-hybridized carbons (Fsp3) is 0.389. The van der Waals surface area contributed by atoms with Crippen LogP contribution in [0.5, 0.6) is 0 Å². The van der Waals surface area contributed by atoms with Gasteiger partial charge in [-0.1, -0.05) is 23.7 Å². The normalized spacial score (nSPS) is 23.7. The van der Waals surface area contributed by atoms with Gasteiger partial charge in [0.1, 0.15) is 24.6 Å². The van der Waals surface area contributed by atoms with Crippen molar-refractivity contribution in [1.29, 1.82) is 0 Å². The average molecular weight is 486 g/mol. The Morgan fingerprint density at radius 2 is 2.03 bits per heavy atom. The number of nitrogens with one attached hydrogen (secondary N) is 1. The maximum atomic E-state index is 10.9. The predicted octanol–water partition coefficient (Wildman–Crippen LogP) is 1.13. The van der Waals surface area contributed by atoms with Crippen molar-refractivity contribution in [2.45, 2.75) is 38.0 Å². The van der Waals surface area contributed by atoms with Gasteiger partial charge in [0.05, 0.1) is 12.9 Å². The molecule has 3 aromatic rings. The number of imidazole rings is 1. The number of aliphatic hydroxyl groups excluding tert-OH is 2. The average Bonchev–Trinajstić information content (AvgIpc) is 3.27. The Balaban J connectivity index is 1.56. The number of ether oxygens (including phenoxy) is 1. The minimum atomic E-state index is -4.76. The van der Waals surface area contributed by atoms with Gasteiger partial charge in [0, 0.05) is 11.6 Å². The zero-order chi connectivity index (χ0) is 23.0. The Hall–Kier alpha value is -2.15. The van der Waals surface area contributed by atoms with E-state index in [0.29, 0.717) is 28.5 Å². The first kappa shape index (κ1) is 23.0. The number of halogens is 1. The smallest absolute Gasteiger partial charge is 0.387 e. The summed E-state index contributed by atoms with van der Waals surface area (Å²) in [6.07, 6.45) is -2.43. The largest absolute Gasteiger partial charge is 0.469 e. The molecular weight excluding hydrogens is 465 g/mol. The summed E-state index contributed by atoms with van der Waals surface area (Å²) in [7, 11) is -4.76. The lowest BCUT2D eigenvalue weighted by Gasteiger charge is -2.16. The fourth-order valence-electron chi connectivity index (χ4n) is 3.50. The highest BCUT2D eigenvalue weighted by molar-refractivity contribution is 7.46. The van der Waals surface area contributed by atoms with Gasteiger partial charge in [0.2, 0.25) is 0 Å². The number of phosphoric ester groups is 1. The summed E-state index contributed by atoms with van der Waals surface area (Å²) >= 11 is 6.28. The highest BCUT2D eigenvalue weighted by atomic mass is 35.5. The van der Waals surface area contributed by atoms with Gasteiger partial charge in [-0.25, -0.2) is 19.5 Å². The molecule has 1 saturated heterocycles. The Kier molecular flexibility index (Phi) is 6.48. The molecule has 3 heterocycles. The van der Waals surface area contributed by atoms with E-state index in [1.165, 1.54) is 17.2 Å². The summed E-state index contributed by atoms with van der Waals surface area (Å²) in [4.78, 5) is 30.5. The molecular formula is C18H21ClN5O7P. The topological polar surface area (TPSA) is 172 Å². The van der Waals surface area contributed by atoms with Crippen LogP contribution in [0, 0.1) is 6.92 Å². The first-order valence-corrected chi connectivity index (χ1v) is 11.4. The van der Waals surface area contributed by atoms with Crippen molar-refractivity contribution in [2.24, 2.45) is 0 Å². The van der Waals surface area contributed by atoms with Crippen LogP contribution in [0.25, 0.3) is 11.2 Å². The first-order chi connectivity index (χ1) is 15.2. The highest BCUT2D eigenvalue weighted by Crippen LogP contribution is 2.39. The number of hydrogen-bond donors (Lipinski definition) is 5. The Morgan fingerprint density at radius 3 is 2.75 bits per heavy atom. The molecule has 0 unspecified atom stereocenters. The number of fused-ring (bicyclic) bond motifs is 1. The van der Waals surface area contributed by atoms with Crippen LogP contribution in [0.1, 0.15) is 17.4 Å². The lowest BCUT2D eigenvalue weighted by atomic mass is 10.1. The van der Waals surface area contributed by atoms with E-state index in [1.807, 2.05) is 19.1 Å². The molecule has 12 nitrogen and oxygen atoms in total. The SMILES string of the molecule is Cc1cccc(Cl)c1CNc1ncnc2c1ncn2[C@@H]1O[C@H](COP(=O)(O)O)[C@@H](O)[C@H]1O. The third-order valence-corrected chi connectivity index (χ3v) is 6.00. The molecule has 2 aromatic heterocycles. The van der Waals surface area contributed by atoms with Crippen molar-refractivity contribution in [3.8, 4) is 0 Å². The predicted molar refractivity (Wildman–Crippen MR) is 113 cm³/mol. The molecule has 172 valence electrons. The molecule has 4 rings (SSSR count). The number of phosphoric acid groups is 1. The van der Waals surface area contributed by atoms with Crippen LogP contribution in [-0.4, -0.2) is 64.4 Å². The van der Waals surface area contributed by atoms with Gasteiger partial charge in [0.15, 0.2) is 23.2 Å². The van der Waals surface area contributed by atoms with E-state index in [-0.39, 0.29) is 0 Å². The van der Waals surface area contributed by atoms with Gasteiger partial charge in [-0.2, -0.15) is 0 Å². The second-order valence-corrected chi connectivity index (χ2v) is 8.91. The molecule has 32 heavy (non-hydrogen) atoms. The maximum Gasteiger partial charge on any atom is 0.469 e. The van der Waals surface area contributed by atoms with E-state index in [2.05, 4.69) is 24.8 Å². The summed E-state index contributed by atoms with van der Waals surface area (Å²) in [6, 6.07) is 5.61. The summed E-state index contributed by atoms with van der Waals surface area (Å²) in [6.45, 7) is 1.74. The van der Waals surface area contributed by atoms with E-state index < -0.39 is 39.0 Å². The summed E-state index contributed by atoms with van der Waals surface area (Å²) in [5, 5.41) is 24.4. The van der Waals surface area contributed by atoms with Crippen LogP contribution in [-0.2, 0) is 20.4 Å². The van der Waals surface area contributed by atoms with Crippen molar-refractivity contribution in [1.82, 2.24) is 19.5 Å². The number of nitrogens with zero attached hydrogens (tertiary/aromatic N) is 4. The molecule has 0 aliphatic carbocycles. The number of aliphatic hydroxyl groups is 2. The van der Waals surface area contributed by atoms with Crippen LogP contribution in [0.15, 0.2) is 30.9 Å². The number of rotatable bonds is 7. The number of anilines is 1. The maximum absolute atomic E-state index is 10.9. The Bertz CT molecular complexity index is 1150. The van der Waals surface area contributed by atoms with Crippen molar-refractivity contribution in [3.05, 3.63) is 47.0 Å². The van der Waals surface area contributed by atoms with Gasteiger partial charge < -0.3 is 30.1 Å². The molecule has 1 aliphatic heterocycles. The van der Waals surface area contributed by atoms with Gasteiger partial charge in [-0.3, -0.25) is 9.09 Å². The number of aryl methyl sites for hydroxylation is 1. The monoisotopic (exact) mass is 485 g/mol. The van der Waals surface area contributed by atoms with Crippen molar-refractivity contribution in [2.75, 3.05) is 11.9 Å². The highest BCUT2D eigenvalue weighted by Gasteiger charge is 2.45. The number of hydrogen-bond acceptors (Lipinski definition) is 9. The van der Waals surface area contributed by atoms with Gasteiger partial charge in [0.25, 0.3) is 0 Å². The second-order valence-electron chi connectivity index (χ2n) is 7.27. The van der Waals surface area contributed by atoms with Crippen molar-refractivity contribution in [3.63, 3.8) is 0 Å². The van der Waals surface area contributed by atoms with Crippen LogP contribution in [0.4, 0.5) is 5.82 Å². The Labute approximate surface area is 187 Å². The quantitative estimate of drug-likeness (QED) is 0.303. The number of benzene rings is 1. The van der Waals surface area contributed by atoms with E-state index in [9.17, 15) is 14.8 Å². The van der Waals surface area contributed by atoms with Crippen LogP contribution in [0.3, 0.4) is 0 Å². The third kappa shape index (κ3) is 4.63. The van der Waals surface area contributed by atoms with Crippen LogP contribution >= 0.6 is 19.4 Å². The second kappa shape index (κ2) is 9.00. The summed E-state index contributed by atoms with van der Waals surface area (Å²) in [5.41, 5.74) is 2.65. The van der Waals surface area contributed by atoms with E-state index >= 15 is 0 Å². The molecule has 0 spiro atoms. The zero-order valence-corrected chi connectivity index (χ0v) is 18.4. The molecule has 1 aliphatic rings. The molecule has 5 N–H and O–H groups in total. The molecule has 0 amide bonds. The van der Waals surface area contributed by atoms with E-state index in [4.69, 9.17) is 26.1 Å². The molecule has 0 bridgehead atoms. The molecule has 1 fully saturated rings. The lowest BCUT2D eigenvalue weighted by molar-refractivity contribution is -0.0504. The Morgan fingerprint density at radius 1 is 1.25 bits per heavy atom. The van der Waals surface area contributed by atoms with Gasteiger partial charge >= 0.3 is 7.82 Å². The molecule has 0 radical (unpaired) electrons. The van der Waals surface area contributed by atoms with Crippen LogP contribution < -0.4 is 5.32 Å². The summed E-state index contributed by atoms with van der Waals surface area (Å²) in [5.74, 6) is 0.433. The van der Waals surface area contributed by atoms with Crippen molar-refractivity contribution >= 4 is 36.4 Å². The molecule has 1 aromatic carbocycles. The zero-order valence-electron chi connectivity index (χ0n) is 16.7. The summed E-state index contributed by atoms with van der Waals surface area (Å²) < 4.78 is 22.3. The molecule has 14 heteroatoms. The lowest BCUT2D eigenvalue weighted by Crippen LogP contribution is -2.33. The number of aromatic nitrogens is 4. The van der Waals surface area contributed by atoms with Gasteiger partial charge in [-0.15, -0.1) is 0 Å². The minimum Gasteiger partial charge on any atom is -0.387 e. The third-order valence-electron chi connectivity index (χ3n) is 5.16. The van der Waals surface area contributed by atoms with E-state index in [1.54, 1.807) is 6.07 Å². The van der Waals surface area contributed by atoms with Crippen LogP contribution in [0.2, 0.25) is 5.02 Å². The standard InChI is InChI=1S/C18H21ClN5O7P/c1-9-3-2-4-11(19)10(9)5-20-16-13-17(22-7-21-16)24(8-23-13)18-15(26)14(25)12(31-18)6-30-32(27,28)29/h2-4,7-8,12,14-15,18,25-26H,5-6H2,1H3,(H,20,21,22)(H2,27,28,29)/t12-,14-,15-,18-/m1/s1. The fourth-order valence-corrected chi connectivity index (χ4v) is 4.13. The molecule has 0 saturated carbocycles. The van der Waals surface area contributed by atoms with E-state index in [0.717, 1.165) is 11.1 Å². The van der Waals surface area contributed by atoms with Gasteiger partial charge in [-0.05, 0) is 24.1 Å².